The van der Waals surface area contributed by atoms with Gasteiger partial charge in [-0.1, -0.05) is 29.8 Å². The number of urea groups is 1. The minimum atomic E-state index is -0.899. The number of methoxy groups -OCH3 is 2. The average Bonchev–Trinajstić information content (AvgIpc) is 2.90. The number of nitrogens with zero attached hydrogens (tertiary/aromatic N) is 1. The summed E-state index contributed by atoms with van der Waals surface area (Å²) in [5.74, 6) is -1.30. The molecule has 37 heavy (non-hydrogen) atoms. The van der Waals surface area contributed by atoms with Crippen LogP contribution < -0.4 is 19.7 Å². The molecule has 1 aliphatic heterocycles. The smallest absolute Gasteiger partial charge is 0.337 e. The molecule has 9 heteroatoms. The fraction of sp³-hybridized carbons (Fsp3) is 0.143. The molecule has 1 saturated heterocycles. The van der Waals surface area contributed by atoms with E-state index in [1.807, 2.05) is 31.2 Å². The molecule has 0 saturated carbocycles. The topological polar surface area (TPSA) is 111 Å². The fourth-order valence-electron chi connectivity index (χ4n) is 3.76. The molecule has 0 unspecified atom stereocenters. The summed E-state index contributed by atoms with van der Waals surface area (Å²) in [6.07, 6.45) is 1.37. The van der Waals surface area contributed by atoms with Gasteiger partial charge in [-0.15, -0.1) is 0 Å². The number of hydrogen-bond donors (Lipinski definition) is 1. The number of esters is 1. The Morgan fingerprint density at radius 3 is 2.41 bits per heavy atom. The van der Waals surface area contributed by atoms with Crippen molar-refractivity contribution in [3.8, 4) is 11.5 Å². The third-order valence-corrected chi connectivity index (χ3v) is 5.65. The molecule has 0 spiro atoms. The molecule has 1 fully saturated rings. The number of aryl methyl sites for hydroxylation is 1. The molecule has 4 rings (SSSR count). The lowest BCUT2D eigenvalue weighted by Gasteiger charge is -2.26. The predicted octanol–water partition coefficient (Wildman–Crippen LogP) is 4.04. The Morgan fingerprint density at radius 1 is 0.973 bits per heavy atom. The largest absolute Gasteiger partial charge is 0.497 e. The Bertz CT molecular complexity index is 1410. The van der Waals surface area contributed by atoms with Crippen molar-refractivity contribution in [2.24, 2.45) is 0 Å². The maximum atomic E-state index is 13.3. The fourth-order valence-corrected chi connectivity index (χ4v) is 3.76. The monoisotopic (exact) mass is 500 g/mol. The highest BCUT2D eigenvalue weighted by Gasteiger charge is 2.37. The van der Waals surface area contributed by atoms with Gasteiger partial charge in [-0.25, -0.2) is 14.5 Å². The van der Waals surface area contributed by atoms with Gasteiger partial charge in [0.1, 0.15) is 23.7 Å². The third kappa shape index (κ3) is 5.51. The van der Waals surface area contributed by atoms with Gasteiger partial charge in [0.25, 0.3) is 11.8 Å². The zero-order valence-corrected chi connectivity index (χ0v) is 20.4. The summed E-state index contributed by atoms with van der Waals surface area (Å²) in [4.78, 5) is 51.0. The first-order valence-corrected chi connectivity index (χ1v) is 11.3. The molecule has 9 nitrogen and oxygen atoms in total. The quantitative estimate of drug-likeness (QED) is 0.296. The molecular weight excluding hydrogens is 476 g/mol. The first-order chi connectivity index (χ1) is 17.8. The number of anilines is 1. The Balaban J connectivity index is 1.66. The van der Waals surface area contributed by atoms with Crippen LogP contribution >= 0.6 is 0 Å². The van der Waals surface area contributed by atoms with Crippen LogP contribution in [0.2, 0.25) is 0 Å². The van der Waals surface area contributed by atoms with Crippen LogP contribution in [0.4, 0.5) is 10.5 Å². The number of carbonyl (C=O) groups excluding carboxylic acids is 4. The standard InChI is InChI=1S/C28H24N2O7/c1-17-5-4-6-18(13-17)16-37-24-15-22(35-2)12-9-20(24)14-23-25(31)29-28(34)30(26(23)32)21-10-7-19(8-11-21)27(33)36-3/h4-15H,16H2,1-3H3,(H,29,31,34)/b23-14+. The maximum Gasteiger partial charge on any atom is 0.337 e. The van der Waals surface area contributed by atoms with E-state index in [0.717, 1.165) is 16.0 Å². The predicted molar refractivity (Wildman–Crippen MR) is 135 cm³/mol. The highest BCUT2D eigenvalue weighted by atomic mass is 16.5. The molecule has 0 bridgehead atoms. The van der Waals surface area contributed by atoms with Gasteiger partial charge in [0.15, 0.2) is 0 Å². The summed E-state index contributed by atoms with van der Waals surface area (Å²) in [6.45, 7) is 2.23. The summed E-state index contributed by atoms with van der Waals surface area (Å²) in [5.41, 5.74) is 2.64. The van der Waals surface area contributed by atoms with E-state index in [2.05, 4.69) is 10.1 Å². The maximum absolute atomic E-state index is 13.3. The Kier molecular flexibility index (Phi) is 7.34. The number of benzene rings is 3. The highest BCUT2D eigenvalue weighted by Crippen LogP contribution is 2.30. The van der Waals surface area contributed by atoms with Gasteiger partial charge in [-0.2, -0.15) is 0 Å². The van der Waals surface area contributed by atoms with E-state index in [1.54, 1.807) is 18.2 Å². The molecule has 4 amide bonds. The molecule has 1 N–H and O–H groups in total. The minimum Gasteiger partial charge on any atom is -0.497 e. The van der Waals surface area contributed by atoms with Crippen LogP contribution in [0, 0.1) is 6.92 Å². The van der Waals surface area contributed by atoms with Crippen LogP contribution in [0.3, 0.4) is 0 Å². The molecule has 0 aromatic heterocycles. The second kappa shape index (κ2) is 10.8. The number of carbonyl (C=O) groups is 4. The summed E-state index contributed by atoms with van der Waals surface area (Å²) >= 11 is 0. The van der Waals surface area contributed by atoms with Gasteiger partial charge in [-0.05, 0) is 55.0 Å². The van der Waals surface area contributed by atoms with Crippen molar-refractivity contribution in [3.63, 3.8) is 0 Å². The van der Waals surface area contributed by atoms with E-state index in [-0.39, 0.29) is 23.4 Å². The molecule has 1 aliphatic rings. The van der Waals surface area contributed by atoms with E-state index in [9.17, 15) is 19.2 Å². The van der Waals surface area contributed by atoms with E-state index >= 15 is 0 Å². The average molecular weight is 501 g/mol. The molecule has 1 heterocycles. The SMILES string of the molecule is COC(=O)c1ccc(N2C(=O)NC(=O)/C(=C\c3ccc(OC)cc3OCc3cccc(C)c3)C2=O)cc1. The molecule has 0 atom stereocenters. The molecule has 3 aromatic carbocycles. The third-order valence-electron chi connectivity index (χ3n) is 5.65. The van der Waals surface area contributed by atoms with Gasteiger partial charge in [-0.3, -0.25) is 14.9 Å². The summed E-state index contributed by atoms with van der Waals surface area (Å²) < 4.78 is 16.0. The summed E-state index contributed by atoms with van der Waals surface area (Å²) in [5, 5.41) is 2.19. The normalized spacial score (nSPS) is 14.4. The van der Waals surface area contributed by atoms with Crippen LogP contribution in [0.25, 0.3) is 6.08 Å². The van der Waals surface area contributed by atoms with Crippen molar-refractivity contribution >= 4 is 35.6 Å². The number of rotatable bonds is 7. The van der Waals surface area contributed by atoms with Crippen LogP contribution in [-0.4, -0.2) is 38.0 Å². The van der Waals surface area contributed by atoms with Crippen molar-refractivity contribution in [2.45, 2.75) is 13.5 Å². The van der Waals surface area contributed by atoms with Crippen molar-refractivity contribution in [1.29, 1.82) is 0 Å². The van der Waals surface area contributed by atoms with E-state index in [4.69, 9.17) is 9.47 Å². The van der Waals surface area contributed by atoms with Crippen molar-refractivity contribution in [1.82, 2.24) is 5.32 Å². The second-order valence-electron chi connectivity index (χ2n) is 8.18. The lowest BCUT2D eigenvalue weighted by atomic mass is 10.1. The van der Waals surface area contributed by atoms with Crippen LogP contribution in [0.5, 0.6) is 11.5 Å². The number of ether oxygens (including phenoxy) is 3. The number of nitrogens with one attached hydrogen (secondary N) is 1. The van der Waals surface area contributed by atoms with E-state index < -0.39 is 23.8 Å². The van der Waals surface area contributed by atoms with E-state index in [1.165, 1.54) is 44.6 Å². The van der Waals surface area contributed by atoms with E-state index in [0.29, 0.717) is 17.1 Å². The van der Waals surface area contributed by atoms with Gasteiger partial charge in [0.2, 0.25) is 0 Å². The Morgan fingerprint density at radius 2 is 1.73 bits per heavy atom. The van der Waals surface area contributed by atoms with Gasteiger partial charge in [0, 0.05) is 11.6 Å². The van der Waals surface area contributed by atoms with Crippen LogP contribution in [0.15, 0.2) is 72.3 Å². The lowest BCUT2D eigenvalue weighted by molar-refractivity contribution is -0.122. The summed E-state index contributed by atoms with van der Waals surface area (Å²) in [6, 6.07) is 17.6. The molecule has 0 aliphatic carbocycles. The van der Waals surface area contributed by atoms with Crippen molar-refractivity contribution < 1.29 is 33.4 Å². The molecule has 0 radical (unpaired) electrons. The van der Waals surface area contributed by atoms with Gasteiger partial charge in [0.05, 0.1) is 25.5 Å². The lowest BCUT2D eigenvalue weighted by Crippen LogP contribution is -2.54. The van der Waals surface area contributed by atoms with Gasteiger partial charge >= 0.3 is 12.0 Å². The van der Waals surface area contributed by atoms with Crippen LogP contribution in [-0.2, 0) is 20.9 Å². The zero-order chi connectivity index (χ0) is 26.5. The van der Waals surface area contributed by atoms with Gasteiger partial charge < -0.3 is 14.2 Å². The Hall–Kier alpha value is -4.92. The second-order valence-corrected chi connectivity index (χ2v) is 8.18. The van der Waals surface area contributed by atoms with Crippen molar-refractivity contribution in [3.05, 3.63) is 94.6 Å². The minimum absolute atomic E-state index is 0.180. The van der Waals surface area contributed by atoms with Crippen molar-refractivity contribution in [2.75, 3.05) is 19.1 Å². The first kappa shape index (κ1) is 25.2. The zero-order valence-electron chi connectivity index (χ0n) is 20.4. The molecular formula is C28H24N2O7. The number of imide groups is 2. The number of barbiturate groups is 1. The molecule has 3 aromatic rings. The number of hydrogen-bond acceptors (Lipinski definition) is 7. The Labute approximate surface area is 213 Å². The summed E-state index contributed by atoms with van der Waals surface area (Å²) in [7, 11) is 2.77. The molecule has 188 valence electrons. The van der Waals surface area contributed by atoms with Crippen LogP contribution in [0.1, 0.15) is 27.0 Å². The number of amides is 4. The first-order valence-electron chi connectivity index (χ1n) is 11.3. The highest BCUT2D eigenvalue weighted by molar-refractivity contribution is 6.39.